The van der Waals surface area contributed by atoms with Crippen molar-refractivity contribution in [3.05, 3.63) is 29.8 Å². The van der Waals surface area contributed by atoms with Gasteiger partial charge in [0.05, 0.1) is 13.0 Å². The summed E-state index contributed by atoms with van der Waals surface area (Å²) < 4.78 is 5.37. The average Bonchev–Trinajstić information content (AvgIpc) is 2.51. The van der Waals surface area contributed by atoms with Gasteiger partial charge in [-0.3, -0.25) is 9.59 Å². The third-order valence-electron chi connectivity index (χ3n) is 3.22. The molecule has 2 amide bonds. The number of primary amides is 1. The maximum absolute atomic E-state index is 11.7. The number of hydrogen-bond acceptors (Lipinski definition) is 4. The standard InChI is InChI=1S/C16H22N2O5/c1-2-3-4-13(16(21)22)18-14(19)9-10-23-12-7-5-11(6-8-12)15(17)20/h5-8,13H,2-4,9-10H2,1H3,(H2,17,20)(H,18,19)(H,21,22). The minimum atomic E-state index is -1.03. The second-order valence-corrected chi connectivity index (χ2v) is 5.09. The quantitative estimate of drug-likeness (QED) is 0.600. The normalized spacial score (nSPS) is 11.5. The summed E-state index contributed by atoms with van der Waals surface area (Å²) in [7, 11) is 0. The highest BCUT2D eigenvalue weighted by molar-refractivity contribution is 5.92. The van der Waals surface area contributed by atoms with Gasteiger partial charge in [0.1, 0.15) is 11.8 Å². The molecule has 0 saturated heterocycles. The summed E-state index contributed by atoms with van der Waals surface area (Å²) in [4.78, 5) is 33.7. The second-order valence-electron chi connectivity index (χ2n) is 5.09. The van der Waals surface area contributed by atoms with Crippen LogP contribution >= 0.6 is 0 Å². The highest BCUT2D eigenvalue weighted by Gasteiger charge is 2.18. The number of rotatable bonds is 10. The summed E-state index contributed by atoms with van der Waals surface area (Å²) >= 11 is 0. The molecule has 0 saturated carbocycles. The number of aliphatic carboxylic acids is 1. The number of nitrogens with one attached hydrogen (secondary N) is 1. The highest BCUT2D eigenvalue weighted by Crippen LogP contribution is 2.12. The van der Waals surface area contributed by atoms with Crippen molar-refractivity contribution in [1.82, 2.24) is 5.32 Å². The molecule has 1 aromatic carbocycles. The van der Waals surface area contributed by atoms with Gasteiger partial charge in [-0.1, -0.05) is 19.8 Å². The number of carbonyl (C=O) groups excluding carboxylic acids is 2. The number of carbonyl (C=O) groups is 3. The zero-order valence-corrected chi connectivity index (χ0v) is 13.1. The van der Waals surface area contributed by atoms with Crippen LogP contribution in [0.5, 0.6) is 5.75 Å². The molecule has 0 fully saturated rings. The summed E-state index contributed by atoms with van der Waals surface area (Å²) in [6.07, 6.45) is 2.06. The van der Waals surface area contributed by atoms with Gasteiger partial charge in [-0.2, -0.15) is 0 Å². The van der Waals surface area contributed by atoms with Crippen molar-refractivity contribution in [2.24, 2.45) is 5.73 Å². The molecule has 1 rings (SSSR count). The fourth-order valence-electron chi connectivity index (χ4n) is 1.91. The van der Waals surface area contributed by atoms with Gasteiger partial charge in [0.2, 0.25) is 11.8 Å². The fraction of sp³-hybridized carbons (Fsp3) is 0.438. The van der Waals surface area contributed by atoms with Crippen LogP contribution in [0.2, 0.25) is 0 Å². The van der Waals surface area contributed by atoms with Crippen molar-refractivity contribution in [3.63, 3.8) is 0 Å². The Morgan fingerprint density at radius 2 is 1.91 bits per heavy atom. The molecule has 0 aliphatic rings. The van der Waals surface area contributed by atoms with Crippen LogP contribution in [0.4, 0.5) is 0 Å². The Kier molecular flexibility index (Phi) is 7.59. The van der Waals surface area contributed by atoms with Crippen LogP contribution in [0, 0.1) is 0 Å². The van der Waals surface area contributed by atoms with Gasteiger partial charge in [0.15, 0.2) is 0 Å². The third kappa shape index (κ3) is 6.82. The maximum Gasteiger partial charge on any atom is 0.326 e. The number of carboxylic acids is 1. The van der Waals surface area contributed by atoms with E-state index in [0.29, 0.717) is 17.7 Å². The van der Waals surface area contributed by atoms with Gasteiger partial charge in [-0.25, -0.2) is 4.79 Å². The lowest BCUT2D eigenvalue weighted by Gasteiger charge is -2.14. The number of hydrogen-bond donors (Lipinski definition) is 3. The summed E-state index contributed by atoms with van der Waals surface area (Å²) in [5.41, 5.74) is 5.50. The topological polar surface area (TPSA) is 119 Å². The largest absolute Gasteiger partial charge is 0.493 e. The molecule has 0 aromatic heterocycles. The molecule has 1 unspecified atom stereocenters. The molecule has 0 heterocycles. The molecule has 1 aromatic rings. The number of benzene rings is 1. The molecule has 23 heavy (non-hydrogen) atoms. The molecular formula is C16H22N2O5. The fourth-order valence-corrected chi connectivity index (χ4v) is 1.91. The molecular weight excluding hydrogens is 300 g/mol. The van der Waals surface area contributed by atoms with Crippen molar-refractivity contribution in [1.29, 1.82) is 0 Å². The van der Waals surface area contributed by atoms with Crippen LogP contribution in [-0.4, -0.2) is 35.5 Å². The molecule has 0 aliphatic carbocycles. The lowest BCUT2D eigenvalue weighted by atomic mass is 10.1. The van der Waals surface area contributed by atoms with E-state index in [1.54, 1.807) is 12.1 Å². The van der Waals surface area contributed by atoms with Crippen LogP contribution in [0.25, 0.3) is 0 Å². The van der Waals surface area contributed by atoms with Crippen molar-refractivity contribution in [2.75, 3.05) is 6.61 Å². The van der Waals surface area contributed by atoms with E-state index in [2.05, 4.69) is 5.32 Å². The first-order valence-electron chi connectivity index (χ1n) is 7.49. The van der Waals surface area contributed by atoms with Gasteiger partial charge >= 0.3 is 5.97 Å². The molecule has 4 N–H and O–H groups in total. The van der Waals surface area contributed by atoms with Crippen molar-refractivity contribution in [2.45, 2.75) is 38.6 Å². The van der Waals surface area contributed by atoms with E-state index >= 15 is 0 Å². The Hall–Kier alpha value is -2.57. The van der Waals surface area contributed by atoms with E-state index in [9.17, 15) is 14.4 Å². The summed E-state index contributed by atoms with van der Waals surface area (Å²) in [6.45, 7) is 2.07. The summed E-state index contributed by atoms with van der Waals surface area (Å²) in [5, 5.41) is 11.5. The first-order chi connectivity index (χ1) is 10.9. The van der Waals surface area contributed by atoms with Crippen LogP contribution in [0.15, 0.2) is 24.3 Å². The lowest BCUT2D eigenvalue weighted by Crippen LogP contribution is -2.41. The van der Waals surface area contributed by atoms with Crippen molar-refractivity contribution < 1.29 is 24.2 Å². The molecule has 7 nitrogen and oxygen atoms in total. The number of nitrogens with two attached hydrogens (primary N) is 1. The van der Waals surface area contributed by atoms with E-state index in [-0.39, 0.29) is 18.9 Å². The Morgan fingerprint density at radius 3 is 2.43 bits per heavy atom. The molecule has 1 atom stereocenters. The van der Waals surface area contributed by atoms with Crippen molar-refractivity contribution in [3.8, 4) is 5.75 Å². The van der Waals surface area contributed by atoms with Gasteiger partial charge < -0.3 is 20.9 Å². The smallest absolute Gasteiger partial charge is 0.326 e. The minimum Gasteiger partial charge on any atom is -0.493 e. The highest BCUT2D eigenvalue weighted by atomic mass is 16.5. The Morgan fingerprint density at radius 1 is 1.26 bits per heavy atom. The zero-order valence-electron chi connectivity index (χ0n) is 13.1. The monoisotopic (exact) mass is 322 g/mol. The maximum atomic E-state index is 11.7. The number of amides is 2. The molecule has 0 radical (unpaired) electrons. The van der Waals surface area contributed by atoms with E-state index in [4.69, 9.17) is 15.6 Å². The number of unbranched alkanes of at least 4 members (excludes halogenated alkanes) is 1. The van der Waals surface area contributed by atoms with Gasteiger partial charge in [-0.15, -0.1) is 0 Å². The second kappa shape index (κ2) is 9.45. The molecule has 7 heteroatoms. The average molecular weight is 322 g/mol. The first kappa shape index (κ1) is 18.5. The Bertz CT molecular complexity index is 542. The molecule has 0 bridgehead atoms. The summed E-state index contributed by atoms with van der Waals surface area (Å²) in [6, 6.07) is 5.36. The van der Waals surface area contributed by atoms with Crippen LogP contribution in [-0.2, 0) is 9.59 Å². The minimum absolute atomic E-state index is 0.0491. The van der Waals surface area contributed by atoms with E-state index < -0.39 is 17.9 Å². The first-order valence-corrected chi connectivity index (χ1v) is 7.49. The third-order valence-corrected chi connectivity index (χ3v) is 3.22. The molecule has 126 valence electrons. The molecule has 0 spiro atoms. The number of carboxylic acid groups (broad SMARTS) is 1. The van der Waals surface area contributed by atoms with E-state index in [1.807, 2.05) is 6.92 Å². The van der Waals surface area contributed by atoms with Crippen molar-refractivity contribution >= 4 is 17.8 Å². The SMILES string of the molecule is CCCCC(NC(=O)CCOc1ccc(C(N)=O)cc1)C(=O)O. The van der Waals surface area contributed by atoms with Crippen LogP contribution < -0.4 is 15.8 Å². The predicted molar refractivity (Wildman–Crippen MR) is 84.2 cm³/mol. The Balaban J connectivity index is 2.37. The van der Waals surface area contributed by atoms with Gasteiger partial charge in [0, 0.05) is 5.56 Å². The Labute approximate surface area is 134 Å². The van der Waals surface area contributed by atoms with E-state index in [1.165, 1.54) is 12.1 Å². The predicted octanol–water partition coefficient (Wildman–Crippen LogP) is 1.31. The number of ether oxygens (including phenoxy) is 1. The van der Waals surface area contributed by atoms with Crippen LogP contribution in [0.1, 0.15) is 43.0 Å². The van der Waals surface area contributed by atoms with Gasteiger partial charge in [0.25, 0.3) is 0 Å². The molecule has 0 aliphatic heterocycles. The van der Waals surface area contributed by atoms with Crippen LogP contribution in [0.3, 0.4) is 0 Å². The summed E-state index contributed by atoms with van der Waals surface area (Å²) in [5.74, 6) is -1.43. The van der Waals surface area contributed by atoms with Gasteiger partial charge in [-0.05, 0) is 30.7 Å². The lowest BCUT2D eigenvalue weighted by molar-refractivity contribution is -0.142. The van der Waals surface area contributed by atoms with E-state index in [0.717, 1.165) is 12.8 Å². The zero-order chi connectivity index (χ0) is 17.2.